The van der Waals surface area contributed by atoms with Crippen LogP contribution in [0.25, 0.3) is 0 Å². The molecule has 0 aromatic rings. The first-order chi connectivity index (χ1) is 7.26. The number of aliphatic imine (C=N–C) groups is 1. The zero-order valence-corrected chi connectivity index (χ0v) is 9.74. The monoisotopic (exact) mass is 244 g/mol. The smallest absolute Gasteiger partial charge is 0.278 e. The zero-order valence-electron chi connectivity index (χ0n) is 8.10. The highest BCUT2D eigenvalue weighted by Crippen LogP contribution is 2.02. The summed E-state index contributed by atoms with van der Waals surface area (Å²) in [6.45, 7) is 0.591. The first-order valence-corrected chi connectivity index (χ1v) is 5.22. The minimum atomic E-state index is -0.526. The first-order valence-electron chi connectivity index (χ1n) is 4.40. The third kappa shape index (κ3) is 7.02. The molecule has 0 aliphatic heterocycles. The number of nitrogens with two attached hydrogens (primary N) is 1. The van der Waals surface area contributed by atoms with Gasteiger partial charge in [0.1, 0.15) is 6.04 Å². The van der Waals surface area contributed by atoms with Crippen molar-refractivity contribution in [2.75, 3.05) is 6.54 Å². The molecule has 0 saturated heterocycles. The van der Waals surface area contributed by atoms with E-state index in [0.717, 1.165) is 12.8 Å². The van der Waals surface area contributed by atoms with Crippen molar-refractivity contribution in [3.05, 3.63) is 0 Å². The molecule has 3 N–H and O–H groups in total. The Morgan fingerprint density at radius 3 is 2.67 bits per heavy atom. The Morgan fingerprint density at radius 1 is 1.40 bits per heavy atom. The summed E-state index contributed by atoms with van der Waals surface area (Å²) in [6.07, 6.45) is 2.23. The van der Waals surface area contributed by atoms with E-state index in [1.165, 1.54) is 0 Å². The molecule has 0 aromatic carbocycles. The third-order valence-corrected chi connectivity index (χ3v) is 1.85. The van der Waals surface area contributed by atoms with Crippen LogP contribution in [0.1, 0.15) is 19.3 Å². The second kappa shape index (κ2) is 9.58. The van der Waals surface area contributed by atoms with Gasteiger partial charge in [0.05, 0.1) is 10.3 Å². The fraction of sp³-hybridized carbons (Fsp3) is 0.625. The van der Waals surface area contributed by atoms with E-state index in [0.29, 0.717) is 13.0 Å². The molecule has 0 unspecified atom stereocenters. The zero-order chi connectivity index (χ0) is 11.5. The lowest BCUT2D eigenvalue weighted by atomic mass is 10.1. The van der Waals surface area contributed by atoms with Crippen LogP contribution in [0, 0.1) is 0 Å². The Bertz CT molecular complexity index is 295. The molecule has 0 radical (unpaired) electrons. The molecule has 1 amide bonds. The molecule has 0 heterocycles. The Kier molecular flexibility index (Phi) is 8.96. The molecule has 0 saturated carbocycles. The predicted molar refractivity (Wildman–Crippen MR) is 64.9 cm³/mol. The maximum absolute atomic E-state index is 11.3. The van der Waals surface area contributed by atoms with Crippen molar-refractivity contribution in [2.45, 2.75) is 25.3 Å². The fourth-order valence-electron chi connectivity index (χ4n) is 0.963. The largest absolute Gasteiger partial charge is 0.330 e. The van der Waals surface area contributed by atoms with Crippen LogP contribution in [-0.4, -0.2) is 28.8 Å². The molecule has 7 heteroatoms. The number of carbonyl (C=O) groups excluding carboxylic acids is 1. The molecule has 1 atom stereocenters. The maximum Gasteiger partial charge on any atom is 0.278 e. The number of hydrogen-bond acceptors (Lipinski definition) is 6. The lowest BCUT2D eigenvalue weighted by Gasteiger charge is -2.10. The van der Waals surface area contributed by atoms with Crippen LogP contribution in [0.5, 0.6) is 0 Å². The molecule has 0 aliphatic rings. The van der Waals surface area contributed by atoms with Crippen molar-refractivity contribution in [3.63, 3.8) is 0 Å². The summed E-state index contributed by atoms with van der Waals surface area (Å²) in [7, 11) is 0. The lowest BCUT2D eigenvalue weighted by Crippen LogP contribution is -2.32. The number of amides is 1. The summed E-state index contributed by atoms with van der Waals surface area (Å²) in [4.78, 5) is 14.7. The molecule has 0 bridgehead atoms. The first kappa shape index (κ1) is 14.0. The van der Waals surface area contributed by atoms with Crippen LogP contribution >= 0.6 is 24.4 Å². The van der Waals surface area contributed by atoms with Crippen LogP contribution < -0.4 is 11.2 Å². The van der Waals surface area contributed by atoms with Crippen molar-refractivity contribution in [3.8, 4) is 0 Å². The average Bonchev–Trinajstić information content (AvgIpc) is 2.23. The Labute approximate surface area is 98.8 Å². The van der Waals surface area contributed by atoms with E-state index in [9.17, 15) is 4.79 Å². The van der Waals surface area contributed by atoms with E-state index < -0.39 is 11.9 Å². The molecule has 0 fully saturated rings. The number of nitrogens with zero attached hydrogens (tertiary/aromatic N) is 2. The molecule has 0 aromatic heterocycles. The SMILES string of the molecule is NCCCC[C@H](NN=C=S)C(=O)N=C=S. The topological polar surface area (TPSA) is 79.8 Å². The second-order valence-electron chi connectivity index (χ2n) is 2.71. The number of rotatable bonds is 7. The van der Waals surface area contributed by atoms with Gasteiger partial charge in [-0.1, -0.05) is 0 Å². The van der Waals surface area contributed by atoms with Gasteiger partial charge in [-0.05, 0) is 50.2 Å². The van der Waals surface area contributed by atoms with Crippen molar-refractivity contribution < 1.29 is 4.79 Å². The molecule has 5 nitrogen and oxygen atoms in total. The van der Waals surface area contributed by atoms with Crippen LogP contribution in [0.2, 0.25) is 0 Å². The second-order valence-corrected chi connectivity index (χ2v) is 3.08. The minimum Gasteiger partial charge on any atom is -0.330 e. The van der Waals surface area contributed by atoms with Crippen LogP contribution in [-0.2, 0) is 4.79 Å². The number of carbonyl (C=O) groups is 1. The van der Waals surface area contributed by atoms with Gasteiger partial charge in [0, 0.05) is 0 Å². The van der Waals surface area contributed by atoms with Gasteiger partial charge in [0.2, 0.25) is 0 Å². The van der Waals surface area contributed by atoms with Crippen molar-refractivity contribution in [2.24, 2.45) is 15.8 Å². The van der Waals surface area contributed by atoms with E-state index in [1.54, 1.807) is 0 Å². The highest BCUT2D eigenvalue weighted by molar-refractivity contribution is 7.78. The summed E-state index contributed by atoms with van der Waals surface area (Å²) in [5.74, 6) is -0.406. The van der Waals surface area contributed by atoms with Crippen molar-refractivity contribution in [1.82, 2.24) is 5.43 Å². The highest BCUT2D eigenvalue weighted by Gasteiger charge is 2.15. The molecule has 0 aliphatic carbocycles. The van der Waals surface area contributed by atoms with Gasteiger partial charge in [-0.3, -0.25) is 10.2 Å². The number of isothiocyanates is 2. The van der Waals surface area contributed by atoms with E-state index in [-0.39, 0.29) is 0 Å². The number of thiocarbonyl (C=S) groups is 2. The van der Waals surface area contributed by atoms with Gasteiger partial charge >= 0.3 is 0 Å². The minimum absolute atomic E-state index is 0.406. The molecular formula is C8H12N4OS2. The molecule has 0 rings (SSSR count). The van der Waals surface area contributed by atoms with Gasteiger partial charge in [0.25, 0.3) is 5.91 Å². The molecule has 0 spiro atoms. The summed E-state index contributed by atoms with van der Waals surface area (Å²) >= 11 is 8.72. The molecular weight excluding hydrogens is 232 g/mol. The van der Waals surface area contributed by atoms with E-state index in [4.69, 9.17) is 5.73 Å². The Morgan fingerprint density at radius 2 is 2.13 bits per heavy atom. The van der Waals surface area contributed by atoms with Crippen molar-refractivity contribution >= 4 is 40.7 Å². The summed E-state index contributed by atoms with van der Waals surface area (Å²) in [5, 5.41) is 7.63. The Balaban J connectivity index is 4.22. The van der Waals surface area contributed by atoms with Gasteiger partial charge in [0.15, 0.2) is 0 Å². The molecule has 82 valence electrons. The van der Waals surface area contributed by atoms with Gasteiger partial charge in [-0.15, -0.1) is 5.10 Å². The van der Waals surface area contributed by atoms with E-state index in [2.05, 4.69) is 45.1 Å². The van der Waals surface area contributed by atoms with Crippen molar-refractivity contribution in [1.29, 1.82) is 0 Å². The van der Waals surface area contributed by atoms with Gasteiger partial charge in [-0.25, -0.2) is 0 Å². The fourth-order valence-corrected chi connectivity index (χ4v) is 1.11. The lowest BCUT2D eigenvalue weighted by molar-refractivity contribution is -0.119. The summed E-state index contributed by atoms with van der Waals surface area (Å²) in [6, 6.07) is -0.526. The number of unbranched alkanes of at least 4 members (excludes halogenated alkanes) is 1. The van der Waals surface area contributed by atoms with Crippen LogP contribution in [0.3, 0.4) is 0 Å². The van der Waals surface area contributed by atoms with E-state index in [1.807, 2.05) is 5.16 Å². The summed E-state index contributed by atoms with van der Waals surface area (Å²) in [5.41, 5.74) is 7.89. The average molecular weight is 244 g/mol. The van der Waals surface area contributed by atoms with E-state index >= 15 is 0 Å². The maximum atomic E-state index is 11.3. The quantitative estimate of drug-likeness (QED) is 0.298. The van der Waals surface area contributed by atoms with Crippen LogP contribution in [0.4, 0.5) is 0 Å². The standard InChI is InChI=1S/C8H12N4OS2/c9-4-2-1-3-7(12-11-6-15)8(13)10-5-14/h7,12H,1-4,9H2/t7-/m0/s1. The Hall–Kier alpha value is -0.970. The number of nitrogens with one attached hydrogen (secondary N) is 1. The summed E-state index contributed by atoms with van der Waals surface area (Å²) < 4.78 is 0. The number of hydrazone groups is 1. The van der Waals surface area contributed by atoms with Gasteiger partial charge in [-0.2, -0.15) is 4.99 Å². The normalized spacial score (nSPS) is 10.7. The molecule has 15 heavy (non-hydrogen) atoms. The predicted octanol–water partition coefficient (Wildman–Crippen LogP) is 0.721. The van der Waals surface area contributed by atoms with Gasteiger partial charge < -0.3 is 5.73 Å². The number of hydrogen-bond donors (Lipinski definition) is 2. The third-order valence-electron chi connectivity index (χ3n) is 1.67. The highest BCUT2D eigenvalue weighted by atomic mass is 32.1. The van der Waals surface area contributed by atoms with Crippen LogP contribution in [0.15, 0.2) is 10.1 Å².